The smallest absolute Gasteiger partial charge is 0.319 e. The molecule has 0 radical (unpaired) electrons. The lowest BCUT2D eigenvalue weighted by atomic mass is 9.95. The first-order chi connectivity index (χ1) is 13.3. The van der Waals surface area contributed by atoms with Crippen LogP contribution in [0.1, 0.15) is 31.1 Å². The highest BCUT2D eigenvalue weighted by molar-refractivity contribution is 8.03. The first-order valence-electron chi connectivity index (χ1n) is 8.84. The Labute approximate surface area is 166 Å². The maximum absolute atomic E-state index is 13.0. The number of hydrogen-bond donors (Lipinski definition) is 2. The van der Waals surface area contributed by atoms with Gasteiger partial charge in [0.2, 0.25) is 0 Å². The van der Waals surface area contributed by atoms with Crippen molar-refractivity contribution in [3.8, 4) is 11.3 Å². The number of nitrogens with one attached hydrogen (secondary N) is 1. The Bertz CT molecular complexity index is 1020. The van der Waals surface area contributed by atoms with Gasteiger partial charge in [-0.2, -0.15) is 5.10 Å². The third-order valence-electron chi connectivity index (χ3n) is 4.65. The Morgan fingerprint density at radius 2 is 2.00 bits per heavy atom. The fraction of sp³-hybridized carbons (Fsp3) is 0.300. The molecule has 1 aromatic heterocycles. The summed E-state index contributed by atoms with van der Waals surface area (Å²) in [5.41, 5.74) is -0.152. The Morgan fingerprint density at radius 1 is 1.32 bits per heavy atom. The van der Waals surface area contributed by atoms with E-state index >= 15 is 0 Å². The van der Waals surface area contributed by atoms with Crippen molar-refractivity contribution in [2.24, 2.45) is 0 Å². The molecule has 2 unspecified atom stereocenters. The number of ketones is 1. The summed E-state index contributed by atoms with van der Waals surface area (Å²) < 4.78 is 1.28. The largest absolute Gasteiger partial charge is 0.480 e. The van der Waals surface area contributed by atoms with Crippen LogP contribution in [0.15, 0.2) is 46.6 Å². The van der Waals surface area contributed by atoms with E-state index in [1.807, 2.05) is 30.3 Å². The van der Waals surface area contributed by atoms with Gasteiger partial charge in [0, 0.05) is 12.1 Å². The highest BCUT2D eigenvalue weighted by atomic mass is 32.2. The quantitative estimate of drug-likeness (QED) is 0.720. The fourth-order valence-corrected chi connectivity index (χ4v) is 4.28. The summed E-state index contributed by atoms with van der Waals surface area (Å²) >= 11 is 1.16. The molecule has 0 saturated carbocycles. The van der Waals surface area contributed by atoms with E-state index in [0.717, 1.165) is 11.8 Å². The van der Waals surface area contributed by atoms with Gasteiger partial charge in [-0.1, -0.05) is 36.4 Å². The number of nitrogens with zero attached hydrogens (tertiary/aromatic N) is 2. The molecule has 28 heavy (non-hydrogen) atoms. The molecule has 3 rings (SSSR count). The number of Topliss-reactive ketones (excluding diaryl/α,β-unsaturated/α-hetero) is 1. The maximum atomic E-state index is 13.0. The minimum Gasteiger partial charge on any atom is -0.480 e. The van der Waals surface area contributed by atoms with Crippen molar-refractivity contribution in [2.45, 2.75) is 38.1 Å². The van der Waals surface area contributed by atoms with Crippen molar-refractivity contribution in [1.29, 1.82) is 0 Å². The molecule has 146 valence electrons. The molecule has 0 aliphatic carbocycles. The fourth-order valence-electron chi connectivity index (χ4n) is 3.22. The molecule has 2 heterocycles. The lowest BCUT2D eigenvalue weighted by Gasteiger charge is -2.30. The number of benzene rings is 1. The number of carbonyl (C=O) groups is 2. The molecule has 2 aromatic rings. The van der Waals surface area contributed by atoms with Gasteiger partial charge in [0.15, 0.2) is 5.78 Å². The second-order valence-electron chi connectivity index (χ2n) is 6.71. The third-order valence-corrected chi connectivity index (χ3v) is 5.90. The Morgan fingerprint density at radius 3 is 2.57 bits per heavy atom. The summed E-state index contributed by atoms with van der Waals surface area (Å²) in [4.78, 5) is 37.2. The molecule has 7 nitrogen and oxygen atoms in total. The second kappa shape index (κ2) is 7.63. The van der Waals surface area contributed by atoms with Crippen molar-refractivity contribution in [3.63, 3.8) is 0 Å². The molecule has 8 heteroatoms. The van der Waals surface area contributed by atoms with Gasteiger partial charge < -0.3 is 10.4 Å². The minimum atomic E-state index is -1.03. The average Bonchev–Trinajstić information content (AvgIpc) is 3.05. The van der Waals surface area contributed by atoms with E-state index in [-0.39, 0.29) is 17.0 Å². The molecule has 1 aromatic carbocycles. The highest BCUT2D eigenvalue weighted by Gasteiger charge is 2.42. The molecule has 2 atom stereocenters. The lowest BCUT2D eigenvalue weighted by molar-refractivity contribution is -0.136. The van der Waals surface area contributed by atoms with E-state index in [9.17, 15) is 19.5 Å². The Kier molecular flexibility index (Phi) is 5.42. The van der Waals surface area contributed by atoms with Crippen LogP contribution in [0.4, 0.5) is 5.69 Å². The minimum absolute atomic E-state index is 0.0732. The van der Waals surface area contributed by atoms with Crippen LogP contribution in [-0.2, 0) is 11.3 Å². The number of thioether (sulfide) groups is 1. The molecular formula is C20H21N3O4S. The van der Waals surface area contributed by atoms with Gasteiger partial charge in [-0.15, -0.1) is 11.8 Å². The van der Waals surface area contributed by atoms with Gasteiger partial charge in [0.05, 0.1) is 11.1 Å². The summed E-state index contributed by atoms with van der Waals surface area (Å²) in [5.74, 6) is -1.32. The summed E-state index contributed by atoms with van der Waals surface area (Å²) in [5, 5.41) is 17.9. The van der Waals surface area contributed by atoms with Crippen molar-refractivity contribution in [1.82, 2.24) is 9.78 Å². The number of aryl methyl sites for hydroxylation is 1. The first-order valence-corrected chi connectivity index (χ1v) is 9.78. The van der Waals surface area contributed by atoms with Crippen LogP contribution in [0.5, 0.6) is 0 Å². The van der Waals surface area contributed by atoms with E-state index in [1.165, 1.54) is 11.6 Å². The molecule has 2 N–H and O–H groups in total. The van der Waals surface area contributed by atoms with Gasteiger partial charge in [-0.25, -0.2) is 4.68 Å². The van der Waals surface area contributed by atoms with Crippen molar-refractivity contribution in [2.75, 3.05) is 5.32 Å². The standard InChI is InChI=1S/C20H21N3O4S/c1-4-23-18(25)16(21-20(3)10-11-28-17(20)19(26)27)14(12(2)24)15(22-23)13-8-6-5-7-9-13/h5-11,17,21H,4H2,1-3H3,(H,26,27). The highest BCUT2D eigenvalue weighted by Crippen LogP contribution is 2.37. The van der Waals surface area contributed by atoms with Gasteiger partial charge >= 0.3 is 5.97 Å². The maximum Gasteiger partial charge on any atom is 0.319 e. The second-order valence-corrected chi connectivity index (χ2v) is 7.72. The predicted octanol–water partition coefficient (Wildman–Crippen LogP) is 3.02. The van der Waals surface area contributed by atoms with Crippen LogP contribution < -0.4 is 10.9 Å². The summed E-state index contributed by atoms with van der Waals surface area (Å²) in [6, 6.07) is 9.14. The third kappa shape index (κ3) is 3.47. The SMILES string of the molecule is CCn1nc(-c2ccccc2)c(C(C)=O)c(NC2(C)C=CSC2C(=O)O)c1=O. The topological polar surface area (TPSA) is 101 Å². The lowest BCUT2D eigenvalue weighted by Crippen LogP contribution is -2.47. The number of aliphatic carboxylic acids is 1. The van der Waals surface area contributed by atoms with Gasteiger partial charge in [0.1, 0.15) is 16.6 Å². The zero-order valence-corrected chi connectivity index (χ0v) is 16.6. The number of rotatable bonds is 6. The number of carboxylic acid groups (broad SMARTS) is 1. The van der Waals surface area contributed by atoms with Crippen LogP contribution >= 0.6 is 11.8 Å². The predicted molar refractivity (Wildman–Crippen MR) is 110 cm³/mol. The Balaban J connectivity index is 2.25. The number of anilines is 1. The van der Waals surface area contributed by atoms with Crippen molar-refractivity contribution in [3.05, 3.63) is 57.7 Å². The molecular weight excluding hydrogens is 378 g/mol. The normalized spacial score (nSPS) is 20.9. The monoisotopic (exact) mass is 399 g/mol. The molecule has 0 saturated heterocycles. The van der Waals surface area contributed by atoms with E-state index in [1.54, 1.807) is 25.3 Å². The molecule has 1 aliphatic heterocycles. The van der Waals surface area contributed by atoms with Crippen LogP contribution in [0.3, 0.4) is 0 Å². The summed E-state index contributed by atoms with van der Waals surface area (Å²) in [7, 11) is 0. The zero-order valence-electron chi connectivity index (χ0n) is 15.8. The molecule has 0 spiro atoms. The van der Waals surface area contributed by atoms with Crippen LogP contribution in [0, 0.1) is 0 Å². The molecule has 0 bridgehead atoms. The summed E-state index contributed by atoms with van der Waals surface area (Å²) in [6.07, 6.45) is 1.71. The van der Waals surface area contributed by atoms with E-state index in [0.29, 0.717) is 17.8 Å². The van der Waals surface area contributed by atoms with Crippen LogP contribution in [0.25, 0.3) is 11.3 Å². The Hall–Kier alpha value is -2.87. The van der Waals surface area contributed by atoms with E-state index in [2.05, 4.69) is 10.4 Å². The zero-order chi connectivity index (χ0) is 20.5. The van der Waals surface area contributed by atoms with Gasteiger partial charge in [0.25, 0.3) is 5.56 Å². The first kappa shape index (κ1) is 19.9. The average molecular weight is 399 g/mol. The van der Waals surface area contributed by atoms with Crippen molar-refractivity contribution >= 4 is 29.2 Å². The number of hydrogen-bond acceptors (Lipinski definition) is 6. The van der Waals surface area contributed by atoms with Gasteiger partial charge in [-0.3, -0.25) is 14.4 Å². The van der Waals surface area contributed by atoms with Gasteiger partial charge in [-0.05, 0) is 26.2 Å². The number of carbonyl (C=O) groups excluding carboxylic acids is 1. The van der Waals surface area contributed by atoms with Crippen molar-refractivity contribution < 1.29 is 14.7 Å². The van der Waals surface area contributed by atoms with Crippen LogP contribution in [-0.4, -0.2) is 37.4 Å². The number of carboxylic acids is 1. The number of aromatic nitrogens is 2. The summed E-state index contributed by atoms with van der Waals surface area (Å²) in [6.45, 7) is 5.17. The molecule has 0 amide bonds. The molecule has 1 aliphatic rings. The van der Waals surface area contributed by atoms with E-state index < -0.39 is 22.3 Å². The van der Waals surface area contributed by atoms with Crippen LogP contribution in [0.2, 0.25) is 0 Å². The molecule has 0 fully saturated rings. The van der Waals surface area contributed by atoms with E-state index in [4.69, 9.17) is 0 Å².